The molecular formula is C10H16N4O2. The fourth-order valence-electron chi connectivity index (χ4n) is 1.89. The molecule has 1 atom stereocenters. The molecule has 0 spiro atoms. The number of rotatable bonds is 1. The summed E-state index contributed by atoms with van der Waals surface area (Å²) in [5.74, 6) is 1.08. The van der Waals surface area contributed by atoms with Crippen LogP contribution in [-0.2, 0) is 0 Å². The first-order chi connectivity index (χ1) is 7.65. The molecule has 6 nitrogen and oxygen atoms in total. The van der Waals surface area contributed by atoms with Crippen LogP contribution in [0.5, 0.6) is 0 Å². The second-order valence-electron chi connectivity index (χ2n) is 4.27. The van der Waals surface area contributed by atoms with E-state index in [0.717, 1.165) is 19.5 Å². The normalized spacial score (nSPS) is 20.9. The molecule has 1 aromatic heterocycles. The molecule has 1 fully saturated rings. The number of likely N-dealkylation sites (tertiary alicyclic amines) is 1. The molecule has 1 N–H and O–H groups in total. The predicted molar refractivity (Wildman–Crippen MR) is 58.0 cm³/mol. The highest BCUT2D eigenvalue weighted by molar-refractivity contribution is 5.87. The Morgan fingerprint density at radius 1 is 1.62 bits per heavy atom. The van der Waals surface area contributed by atoms with Crippen LogP contribution in [0.25, 0.3) is 0 Å². The fourth-order valence-corrected chi connectivity index (χ4v) is 1.89. The minimum absolute atomic E-state index is 0.157. The van der Waals surface area contributed by atoms with Gasteiger partial charge in [0, 0.05) is 13.1 Å². The quantitative estimate of drug-likeness (QED) is 0.787. The van der Waals surface area contributed by atoms with Gasteiger partial charge in [0.2, 0.25) is 0 Å². The fraction of sp³-hybridized carbons (Fsp3) is 0.700. The SMILES string of the molecule is Cc1noc(NC(=O)N2CCCC(C)C2)n1. The average molecular weight is 224 g/mol. The molecule has 0 radical (unpaired) electrons. The van der Waals surface area contributed by atoms with E-state index < -0.39 is 0 Å². The van der Waals surface area contributed by atoms with Crippen LogP contribution in [-0.4, -0.2) is 34.2 Å². The summed E-state index contributed by atoms with van der Waals surface area (Å²) in [7, 11) is 0. The van der Waals surface area contributed by atoms with Gasteiger partial charge in [-0.25, -0.2) is 4.79 Å². The van der Waals surface area contributed by atoms with Gasteiger partial charge in [0.05, 0.1) is 0 Å². The van der Waals surface area contributed by atoms with Crippen molar-refractivity contribution in [3.63, 3.8) is 0 Å². The van der Waals surface area contributed by atoms with Crippen LogP contribution in [0.1, 0.15) is 25.6 Å². The van der Waals surface area contributed by atoms with Crippen molar-refractivity contribution in [1.82, 2.24) is 15.0 Å². The van der Waals surface area contributed by atoms with E-state index in [1.165, 1.54) is 6.42 Å². The molecule has 1 aliphatic heterocycles. The summed E-state index contributed by atoms with van der Waals surface area (Å²) < 4.78 is 4.83. The number of aromatic nitrogens is 2. The van der Waals surface area contributed by atoms with Crippen molar-refractivity contribution < 1.29 is 9.32 Å². The molecule has 1 aliphatic rings. The summed E-state index contributed by atoms with van der Waals surface area (Å²) in [6, 6.07) is 0.0101. The standard InChI is InChI=1S/C10H16N4O2/c1-7-4-3-5-14(6-7)10(15)12-9-11-8(2)13-16-9/h7H,3-6H2,1-2H3,(H,11,12,13,15). The number of hydrogen-bond donors (Lipinski definition) is 1. The van der Waals surface area contributed by atoms with Gasteiger partial charge >= 0.3 is 12.0 Å². The third kappa shape index (κ3) is 2.50. The Kier molecular flexibility index (Phi) is 3.07. The van der Waals surface area contributed by atoms with Crippen LogP contribution in [0.2, 0.25) is 0 Å². The van der Waals surface area contributed by atoms with Gasteiger partial charge in [-0.2, -0.15) is 4.98 Å². The van der Waals surface area contributed by atoms with Crippen LogP contribution >= 0.6 is 0 Å². The van der Waals surface area contributed by atoms with Gasteiger partial charge in [0.15, 0.2) is 5.82 Å². The largest absolute Gasteiger partial charge is 0.329 e. The Hall–Kier alpha value is -1.59. The average Bonchev–Trinajstić information content (AvgIpc) is 2.64. The van der Waals surface area contributed by atoms with Gasteiger partial charge in [-0.3, -0.25) is 5.32 Å². The molecule has 0 bridgehead atoms. The first-order valence-electron chi connectivity index (χ1n) is 5.51. The van der Waals surface area contributed by atoms with Gasteiger partial charge in [-0.15, -0.1) is 0 Å². The van der Waals surface area contributed by atoms with E-state index >= 15 is 0 Å². The van der Waals surface area contributed by atoms with Crippen molar-refractivity contribution in [3.8, 4) is 0 Å². The highest BCUT2D eigenvalue weighted by atomic mass is 16.5. The third-order valence-corrected chi connectivity index (χ3v) is 2.69. The molecule has 2 heterocycles. The summed E-state index contributed by atoms with van der Waals surface area (Å²) in [5.41, 5.74) is 0. The second kappa shape index (κ2) is 4.51. The highest BCUT2D eigenvalue weighted by Gasteiger charge is 2.21. The molecule has 6 heteroatoms. The minimum atomic E-state index is -0.157. The van der Waals surface area contributed by atoms with Crippen LogP contribution < -0.4 is 5.32 Å². The van der Waals surface area contributed by atoms with Crippen LogP contribution in [0, 0.1) is 12.8 Å². The molecule has 1 aromatic rings. The molecule has 16 heavy (non-hydrogen) atoms. The van der Waals surface area contributed by atoms with Crippen molar-refractivity contribution in [1.29, 1.82) is 0 Å². The van der Waals surface area contributed by atoms with Crippen LogP contribution in [0.4, 0.5) is 10.8 Å². The number of carbonyl (C=O) groups is 1. The summed E-state index contributed by atoms with van der Waals surface area (Å²) in [6.45, 7) is 5.45. The van der Waals surface area contributed by atoms with E-state index in [1.807, 2.05) is 0 Å². The maximum atomic E-state index is 11.8. The molecule has 2 amide bonds. The van der Waals surface area contributed by atoms with Gasteiger partial charge in [0.1, 0.15) is 0 Å². The molecule has 88 valence electrons. The minimum Gasteiger partial charge on any atom is -0.324 e. The Morgan fingerprint density at radius 3 is 3.06 bits per heavy atom. The second-order valence-corrected chi connectivity index (χ2v) is 4.27. The summed E-state index contributed by atoms with van der Waals surface area (Å²) >= 11 is 0. The van der Waals surface area contributed by atoms with E-state index in [9.17, 15) is 4.79 Å². The lowest BCUT2D eigenvalue weighted by Crippen LogP contribution is -2.41. The number of nitrogens with zero attached hydrogens (tertiary/aromatic N) is 3. The molecule has 1 unspecified atom stereocenters. The van der Waals surface area contributed by atoms with E-state index in [1.54, 1.807) is 11.8 Å². The molecule has 0 aliphatic carbocycles. The van der Waals surface area contributed by atoms with Gasteiger partial charge in [0.25, 0.3) is 0 Å². The number of hydrogen-bond acceptors (Lipinski definition) is 4. The molecule has 0 aromatic carbocycles. The number of amides is 2. The molecule has 0 saturated carbocycles. The van der Waals surface area contributed by atoms with Crippen molar-refractivity contribution in [2.45, 2.75) is 26.7 Å². The maximum Gasteiger partial charge on any atom is 0.329 e. The third-order valence-electron chi connectivity index (χ3n) is 2.69. The molecule has 2 rings (SSSR count). The number of urea groups is 1. The zero-order valence-corrected chi connectivity index (χ0v) is 9.56. The lowest BCUT2D eigenvalue weighted by atomic mass is 10.0. The van der Waals surface area contributed by atoms with Crippen molar-refractivity contribution in [3.05, 3.63) is 5.82 Å². The summed E-state index contributed by atoms with van der Waals surface area (Å²) in [5, 5.41) is 6.21. The first-order valence-corrected chi connectivity index (χ1v) is 5.51. The monoisotopic (exact) mass is 224 g/mol. The molecular weight excluding hydrogens is 208 g/mol. The first kappa shape index (κ1) is 10.9. The van der Waals surface area contributed by atoms with E-state index in [4.69, 9.17) is 4.52 Å². The van der Waals surface area contributed by atoms with Crippen LogP contribution in [0.3, 0.4) is 0 Å². The van der Waals surface area contributed by atoms with Crippen molar-refractivity contribution in [2.24, 2.45) is 5.92 Å². The zero-order valence-electron chi connectivity index (χ0n) is 9.56. The number of piperidine rings is 1. The summed E-state index contributed by atoms with van der Waals surface area (Å²) in [6.07, 6.45) is 2.24. The Bertz CT molecular complexity index is 377. The van der Waals surface area contributed by atoms with Crippen molar-refractivity contribution in [2.75, 3.05) is 18.4 Å². The number of aryl methyl sites for hydroxylation is 1. The van der Waals surface area contributed by atoms with Gasteiger partial charge in [-0.1, -0.05) is 12.1 Å². The highest BCUT2D eigenvalue weighted by Crippen LogP contribution is 2.16. The lowest BCUT2D eigenvalue weighted by molar-refractivity contribution is 0.181. The van der Waals surface area contributed by atoms with E-state index in [-0.39, 0.29) is 12.0 Å². The Labute approximate surface area is 94.0 Å². The predicted octanol–water partition coefficient (Wildman–Crippen LogP) is 1.64. The Balaban J connectivity index is 1.92. The zero-order chi connectivity index (χ0) is 11.5. The van der Waals surface area contributed by atoms with E-state index in [0.29, 0.717) is 11.7 Å². The van der Waals surface area contributed by atoms with Gasteiger partial charge < -0.3 is 9.42 Å². The van der Waals surface area contributed by atoms with Gasteiger partial charge in [-0.05, 0) is 25.7 Å². The summed E-state index contributed by atoms with van der Waals surface area (Å²) in [4.78, 5) is 17.5. The lowest BCUT2D eigenvalue weighted by Gasteiger charge is -2.30. The number of anilines is 1. The number of carbonyl (C=O) groups excluding carboxylic acids is 1. The Morgan fingerprint density at radius 2 is 2.44 bits per heavy atom. The maximum absolute atomic E-state index is 11.8. The smallest absolute Gasteiger partial charge is 0.324 e. The van der Waals surface area contributed by atoms with Crippen molar-refractivity contribution >= 4 is 12.0 Å². The van der Waals surface area contributed by atoms with E-state index in [2.05, 4.69) is 22.4 Å². The topological polar surface area (TPSA) is 71.3 Å². The molecule has 1 saturated heterocycles. The van der Waals surface area contributed by atoms with Crippen LogP contribution in [0.15, 0.2) is 4.52 Å². The number of nitrogens with one attached hydrogen (secondary N) is 1.